The molecule has 1 aromatic rings. The van der Waals surface area contributed by atoms with Crippen molar-refractivity contribution in [3.8, 4) is 0 Å². The zero-order valence-electron chi connectivity index (χ0n) is 12.7. The van der Waals surface area contributed by atoms with Gasteiger partial charge in [-0.25, -0.2) is 4.39 Å². The molecule has 0 saturated heterocycles. The van der Waals surface area contributed by atoms with Crippen LogP contribution in [0, 0.1) is 11.7 Å². The van der Waals surface area contributed by atoms with Crippen molar-refractivity contribution in [3.05, 3.63) is 29.8 Å². The van der Waals surface area contributed by atoms with Gasteiger partial charge in [0, 0.05) is 18.6 Å². The number of nitrogens with one attached hydrogen (secondary N) is 1. The maximum Gasteiger partial charge on any atom is 0.141 e. The average molecular weight is 267 g/mol. The van der Waals surface area contributed by atoms with Gasteiger partial charge < -0.3 is 10.2 Å². The molecule has 1 rings (SSSR count). The number of pyridine rings is 1. The number of rotatable bonds is 7. The van der Waals surface area contributed by atoms with Crippen LogP contribution in [-0.2, 0) is 0 Å². The van der Waals surface area contributed by atoms with Crippen LogP contribution in [-0.4, -0.2) is 36.6 Å². The second-order valence-electron chi connectivity index (χ2n) is 5.78. The topological polar surface area (TPSA) is 28.2 Å². The minimum Gasteiger partial charge on any atom is -0.307 e. The summed E-state index contributed by atoms with van der Waals surface area (Å²) in [4.78, 5) is 6.36. The third-order valence-electron chi connectivity index (χ3n) is 3.33. The Labute approximate surface area is 116 Å². The van der Waals surface area contributed by atoms with Gasteiger partial charge in [-0.1, -0.05) is 13.8 Å². The van der Waals surface area contributed by atoms with Crippen molar-refractivity contribution in [3.63, 3.8) is 0 Å². The molecule has 0 spiro atoms. The van der Waals surface area contributed by atoms with Crippen LogP contribution in [0.3, 0.4) is 0 Å². The van der Waals surface area contributed by atoms with E-state index in [4.69, 9.17) is 0 Å². The largest absolute Gasteiger partial charge is 0.307 e. The van der Waals surface area contributed by atoms with E-state index in [9.17, 15) is 4.39 Å². The molecule has 0 fully saturated rings. The molecule has 1 heterocycles. The Balaban J connectivity index is 2.51. The molecule has 19 heavy (non-hydrogen) atoms. The van der Waals surface area contributed by atoms with E-state index in [2.05, 4.69) is 50.1 Å². The SMILES string of the molecule is CC(C)CC(CNC(C)c1ccc(F)cn1)N(C)C. The Hall–Kier alpha value is -1.00. The lowest BCUT2D eigenvalue weighted by Gasteiger charge is -2.27. The third-order valence-corrected chi connectivity index (χ3v) is 3.33. The predicted molar refractivity (Wildman–Crippen MR) is 77.5 cm³/mol. The van der Waals surface area contributed by atoms with Crippen molar-refractivity contribution in [1.29, 1.82) is 0 Å². The van der Waals surface area contributed by atoms with E-state index in [-0.39, 0.29) is 11.9 Å². The normalized spacial score (nSPS) is 14.9. The minimum absolute atomic E-state index is 0.134. The van der Waals surface area contributed by atoms with Gasteiger partial charge in [-0.3, -0.25) is 4.98 Å². The highest BCUT2D eigenvalue weighted by molar-refractivity contribution is 5.09. The maximum atomic E-state index is 12.8. The van der Waals surface area contributed by atoms with Crippen LogP contribution in [0.4, 0.5) is 4.39 Å². The van der Waals surface area contributed by atoms with E-state index >= 15 is 0 Å². The lowest BCUT2D eigenvalue weighted by molar-refractivity contribution is 0.241. The van der Waals surface area contributed by atoms with Gasteiger partial charge >= 0.3 is 0 Å². The summed E-state index contributed by atoms with van der Waals surface area (Å²) in [5, 5.41) is 3.48. The highest BCUT2D eigenvalue weighted by Gasteiger charge is 2.15. The van der Waals surface area contributed by atoms with Crippen molar-refractivity contribution < 1.29 is 4.39 Å². The number of aromatic nitrogens is 1. The minimum atomic E-state index is -0.290. The first-order valence-corrected chi connectivity index (χ1v) is 6.91. The molecule has 0 aliphatic rings. The quantitative estimate of drug-likeness (QED) is 0.823. The van der Waals surface area contributed by atoms with Crippen LogP contribution in [0.2, 0.25) is 0 Å². The molecule has 2 unspecified atom stereocenters. The molecule has 0 amide bonds. The van der Waals surface area contributed by atoms with Crippen molar-refractivity contribution in [2.24, 2.45) is 5.92 Å². The molecule has 0 bridgehead atoms. The van der Waals surface area contributed by atoms with Gasteiger partial charge in [0.25, 0.3) is 0 Å². The molecule has 4 heteroatoms. The van der Waals surface area contributed by atoms with Crippen molar-refractivity contribution >= 4 is 0 Å². The number of nitrogens with zero attached hydrogens (tertiary/aromatic N) is 2. The van der Waals surface area contributed by atoms with Crippen LogP contribution in [0.25, 0.3) is 0 Å². The van der Waals surface area contributed by atoms with Crippen molar-refractivity contribution in [1.82, 2.24) is 15.2 Å². The Bertz CT molecular complexity index is 362. The highest BCUT2D eigenvalue weighted by Crippen LogP contribution is 2.12. The molecular weight excluding hydrogens is 241 g/mol. The summed E-state index contributed by atoms with van der Waals surface area (Å²) in [6.45, 7) is 7.44. The Kier molecular flexibility index (Phi) is 6.38. The van der Waals surface area contributed by atoms with Crippen LogP contribution in [0.15, 0.2) is 18.3 Å². The Morgan fingerprint density at radius 3 is 2.42 bits per heavy atom. The zero-order chi connectivity index (χ0) is 14.4. The van der Waals surface area contributed by atoms with Gasteiger partial charge in [0.15, 0.2) is 0 Å². The fraction of sp³-hybridized carbons (Fsp3) is 0.667. The molecule has 1 aromatic heterocycles. The summed E-state index contributed by atoms with van der Waals surface area (Å²) in [7, 11) is 4.21. The molecule has 0 radical (unpaired) electrons. The van der Waals surface area contributed by atoms with Gasteiger partial charge in [0.2, 0.25) is 0 Å². The maximum absolute atomic E-state index is 12.8. The lowest BCUT2D eigenvalue weighted by Crippen LogP contribution is -2.39. The number of likely N-dealkylation sites (N-methyl/N-ethyl adjacent to an activating group) is 1. The Morgan fingerprint density at radius 1 is 1.26 bits per heavy atom. The van der Waals surface area contributed by atoms with Gasteiger partial charge in [0.1, 0.15) is 5.82 Å². The molecule has 2 atom stereocenters. The Morgan fingerprint density at radius 2 is 1.95 bits per heavy atom. The van der Waals surface area contributed by atoms with Gasteiger partial charge in [0.05, 0.1) is 11.9 Å². The average Bonchev–Trinajstić information content (AvgIpc) is 2.34. The summed E-state index contributed by atoms with van der Waals surface area (Å²) >= 11 is 0. The van der Waals surface area contributed by atoms with E-state index < -0.39 is 0 Å². The van der Waals surface area contributed by atoms with E-state index in [0.717, 1.165) is 18.7 Å². The molecule has 108 valence electrons. The molecule has 0 aromatic carbocycles. The first-order chi connectivity index (χ1) is 8.90. The number of hydrogen-bond acceptors (Lipinski definition) is 3. The second kappa shape index (κ2) is 7.56. The van der Waals surface area contributed by atoms with E-state index in [1.54, 1.807) is 6.07 Å². The summed E-state index contributed by atoms with van der Waals surface area (Å²) in [6, 6.07) is 3.83. The van der Waals surface area contributed by atoms with Crippen LogP contribution in [0.5, 0.6) is 0 Å². The predicted octanol–water partition coefficient (Wildman–Crippen LogP) is 2.85. The second-order valence-corrected chi connectivity index (χ2v) is 5.78. The fourth-order valence-electron chi connectivity index (χ4n) is 2.08. The molecule has 0 saturated carbocycles. The van der Waals surface area contributed by atoms with Gasteiger partial charge in [-0.15, -0.1) is 0 Å². The number of halogens is 1. The van der Waals surface area contributed by atoms with E-state index in [0.29, 0.717) is 12.0 Å². The highest BCUT2D eigenvalue weighted by atomic mass is 19.1. The number of hydrogen-bond donors (Lipinski definition) is 1. The first-order valence-electron chi connectivity index (χ1n) is 6.91. The first kappa shape index (κ1) is 16.1. The molecule has 0 aliphatic carbocycles. The zero-order valence-corrected chi connectivity index (χ0v) is 12.7. The molecule has 1 N–H and O–H groups in total. The van der Waals surface area contributed by atoms with E-state index in [1.807, 2.05) is 0 Å². The molecular formula is C15H26FN3. The summed E-state index contributed by atoms with van der Waals surface area (Å²) < 4.78 is 12.8. The third kappa shape index (κ3) is 5.66. The summed E-state index contributed by atoms with van der Waals surface area (Å²) in [5.41, 5.74) is 0.878. The van der Waals surface area contributed by atoms with Crippen molar-refractivity contribution in [2.45, 2.75) is 39.3 Å². The molecule has 0 aliphatic heterocycles. The van der Waals surface area contributed by atoms with Crippen LogP contribution in [0.1, 0.15) is 38.9 Å². The van der Waals surface area contributed by atoms with Crippen LogP contribution >= 0.6 is 0 Å². The van der Waals surface area contributed by atoms with Gasteiger partial charge in [-0.05, 0) is 45.5 Å². The lowest BCUT2D eigenvalue weighted by atomic mass is 10.0. The summed E-state index contributed by atoms with van der Waals surface area (Å²) in [5.74, 6) is 0.385. The summed E-state index contributed by atoms with van der Waals surface area (Å²) in [6.07, 6.45) is 2.43. The standard InChI is InChI=1S/C15H26FN3/c1-11(2)8-14(19(4)5)10-17-12(3)15-7-6-13(16)9-18-15/h6-7,9,11-12,14,17H,8,10H2,1-5H3. The van der Waals surface area contributed by atoms with Crippen molar-refractivity contribution in [2.75, 3.05) is 20.6 Å². The van der Waals surface area contributed by atoms with E-state index in [1.165, 1.54) is 12.3 Å². The molecule has 3 nitrogen and oxygen atoms in total. The fourth-order valence-corrected chi connectivity index (χ4v) is 2.08. The monoisotopic (exact) mass is 267 g/mol. The smallest absolute Gasteiger partial charge is 0.141 e. The van der Waals surface area contributed by atoms with Gasteiger partial charge in [-0.2, -0.15) is 0 Å². The van der Waals surface area contributed by atoms with Crippen LogP contribution < -0.4 is 5.32 Å².